The number of carbonyl (C=O) groups excluding carboxylic acids is 1. The number of nitrogens with zero attached hydrogens (tertiary/aromatic N) is 1. The second-order valence-electron chi connectivity index (χ2n) is 12.4. The van der Waals surface area contributed by atoms with Crippen LogP contribution < -0.4 is 4.90 Å². The maximum Gasteiger partial charge on any atom is 0.338 e. The highest BCUT2D eigenvalue weighted by Crippen LogP contribution is 2.72. The first-order valence-corrected chi connectivity index (χ1v) is 13.0. The Labute approximate surface area is 208 Å². The first kappa shape index (κ1) is 24.4. The van der Waals surface area contributed by atoms with Gasteiger partial charge < -0.3 is 19.8 Å². The minimum atomic E-state index is -0.803. The Morgan fingerprint density at radius 1 is 1.11 bits per heavy atom. The van der Waals surface area contributed by atoms with E-state index in [2.05, 4.69) is 13.5 Å². The molecule has 2 bridgehead atoms. The van der Waals surface area contributed by atoms with E-state index in [1.807, 2.05) is 38.1 Å². The maximum absolute atomic E-state index is 13.3. The maximum atomic E-state index is 13.3. The summed E-state index contributed by atoms with van der Waals surface area (Å²) in [5.74, 6) is -1.06. The Kier molecular flexibility index (Phi) is 5.63. The summed E-state index contributed by atoms with van der Waals surface area (Å²) in [5.41, 5.74) is 0.846. The zero-order valence-electron chi connectivity index (χ0n) is 21.4. The third-order valence-electron chi connectivity index (χ3n) is 10.5. The van der Waals surface area contributed by atoms with Crippen LogP contribution in [0.4, 0.5) is 5.69 Å². The normalized spacial score (nSPS) is 42.1. The fraction of sp³-hybridized carbons (Fsp3) is 0.655. The largest absolute Gasteiger partial charge is 0.481 e. The molecule has 4 saturated carbocycles. The molecule has 4 fully saturated rings. The van der Waals surface area contributed by atoms with E-state index >= 15 is 0 Å². The molecule has 2 N–H and O–H groups in total. The van der Waals surface area contributed by atoms with Gasteiger partial charge in [0.15, 0.2) is 0 Å². The van der Waals surface area contributed by atoms with Gasteiger partial charge in [-0.05, 0) is 92.5 Å². The van der Waals surface area contributed by atoms with E-state index in [0.29, 0.717) is 18.4 Å². The number of ether oxygens (including phenoxy) is 1. The van der Waals surface area contributed by atoms with E-state index in [4.69, 9.17) is 4.74 Å². The van der Waals surface area contributed by atoms with Crippen LogP contribution in [0, 0.1) is 34.0 Å². The van der Waals surface area contributed by atoms with Crippen LogP contribution in [0.3, 0.4) is 0 Å². The van der Waals surface area contributed by atoms with Crippen LogP contribution in [-0.2, 0) is 9.53 Å². The van der Waals surface area contributed by atoms with Crippen LogP contribution in [0.25, 0.3) is 0 Å². The number of hydrogen-bond acceptors (Lipinski definition) is 5. The summed E-state index contributed by atoms with van der Waals surface area (Å²) in [4.78, 5) is 27.8. The Morgan fingerprint density at radius 2 is 1.80 bits per heavy atom. The lowest BCUT2D eigenvalue weighted by Gasteiger charge is -2.64. The summed E-state index contributed by atoms with van der Waals surface area (Å²) in [6, 6.07) is 7.41. The number of hydrogen-bond donors (Lipinski definition) is 2. The van der Waals surface area contributed by atoms with Gasteiger partial charge in [0, 0.05) is 31.1 Å². The van der Waals surface area contributed by atoms with Crippen molar-refractivity contribution in [2.75, 3.05) is 19.0 Å². The van der Waals surface area contributed by atoms with Gasteiger partial charge >= 0.3 is 11.9 Å². The number of carboxylic acids is 1. The number of benzene rings is 1. The van der Waals surface area contributed by atoms with E-state index in [1.165, 1.54) is 0 Å². The summed E-state index contributed by atoms with van der Waals surface area (Å²) in [5, 5.41) is 21.7. The van der Waals surface area contributed by atoms with Crippen LogP contribution in [-0.4, -0.2) is 48.5 Å². The summed E-state index contributed by atoms with van der Waals surface area (Å²) < 4.78 is 6.31. The molecule has 0 amide bonds. The minimum absolute atomic E-state index is 0.0185. The number of anilines is 1. The highest BCUT2D eigenvalue weighted by atomic mass is 16.5. The molecule has 0 heterocycles. The molecule has 0 radical (unpaired) electrons. The molecule has 6 nitrogen and oxygen atoms in total. The second kappa shape index (κ2) is 8.09. The third kappa shape index (κ3) is 3.39. The summed E-state index contributed by atoms with van der Waals surface area (Å²) >= 11 is 0. The van der Waals surface area contributed by atoms with Crippen LogP contribution in [0.2, 0.25) is 0 Å². The summed E-state index contributed by atoms with van der Waals surface area (Å²) in [6.45, 7) is 8.37. The Bertz CT molecular complexity index is 1050. The third-order valence-corrected chi connectivity index (χ3v) is 10.5. The standard InChI is InChI=1S/C29H39NO5/c1-17-19-15-21(35-25(32)18-7-9-20(10-8-18)30(4)5)23-27(2)12-6-13-28(3,26(33)34)22(27)11-14-29(23,16-19)24(17)31/h7-10,19,21-24,31H,1,6,11-16H2,2-5H3,(H,33,34)/t19-,21+,22+,23+,24-,27-,28-,29-/m1/s1. The molecule has 190 valence electrons. The molecule has 5 rings (SSSR count). The fourth-order valence-electron chi connectivity index (χ4n) is 8.91. The molecule has 1 aromatic rings. The van der Waals surface area contributed by atoms with E-state index in [0.717, 1.165) is 43.4 Å². The van der Waals surface area contributed by atoms with Crippen molar-refractivity contribution in [1.29, 1.82) is 0 Å². The van der Waals surface area contributed by atoms with E-state index in [9.17, 15) is 19.8 Å². The Hall–Kier alpha value is -2.34. The lowest BCUT2D eigenvalue weighted by atomic mass is 9.40. The SMILES string of the molecule is C=C1[C@@H]2C[C@H](OC(=O)c3ccc(N(C)C)cc3)[C@H]3[C@]4(C)CCC[C@@](C)(C(=O)O)[C@H]4CC[C@]3(C2)[C@@H]1O. The van der Waals surface area contributed by atoms with Gasteiger partial charge in [-0.25, -0.2) is 4.79 Å². The second-order valence-corrected chi connectivity index (χ2v) is 12.4. The minimum Gasteiger partial charge on any atom is -0.481 e. The van der Waals surface area contributed by atoms with Crippen molar-refractivity contribution in [3.63, 3.8) is 0 Å². The molecular weight excluding hydrogens is 442 g/mol. The van der Waals surface area contributed by atoms with Gasteiger partial charge in [0.2, 0.25) is 0 Å². The molecule has 0 aliphatic heterocycles. The van der Waals surface area contributed by atoms with E-state index < -0.39 is 22.9 Å². The average molecular weight is 482 g/mol. The molecule has 0 unspecified atom stereocenters. The number of carboxylic acid groups (broad SMARTS) is 1. The molecule has 1 spiro atoms. The Morgan fingerprint density at radius 3 is 2.43 bits per heavy atom. The number of esters is 1. The van der Waals surface area contributed by atoms with Gasteiger partial charge in [-0.2, -0.15) is 0 Å². The van der Waals surface area contributed by atoms with Crippen molar-refractivity contribution in [2.45, 2.75) is 71.0 Å². The molecular formula is C29H39NO5. The van der Waals surface area contributed by atoms with Gasteiger partial charge in [0.1, 0.15) is 6.10 Å². The quantitative estimate of drug-likeness (QED) is 0.469. The average Bonchev–Trinajstić information content (AvgIpc) is 2.99. The van der Waals surface area contributed by atoms with Gasteiger partial charge in [0.05, 0.1) is 17.1 Å². The Balaban J connectivity index is 1.52. The number of rotatable bonds is 4. The van der Waals surface area contributed by atoms with Gasteiger partial charge in [-0.1, -0.05) is 19.9 Å². The van der Waals surface area contributed by atoms with Gasteiger partial charge in [0.25, 0.3) is 0 Å². The summed E-state index contributed by atoms with van der Waals surface area (Å²) in [7, 11) is 3.91. The number of carbonyl (C=O) groups is 2. The number of fused-ring (bicyclic) bond motifs is 3. The zero-order chi connectivity index (χ0) is 25.3. The van der Waals surface area contributed by atoms with Crippen molar-refractivity contribution in [1.82, 2.24) is 0 Å². The lowest BCUT2D eigenvalue weighted by Crippen LogP contribution is -2.63. The van der Waals surface area contributed by atoms with Crippen molar-refractivity contribution in [3.05, 3.63) is 42.0 Å². The van der Waals surface area contributed by atoms with E-state index in [1.54, 1.807) is 12.1 Å². The molecule has 8 atom stereocenters. The fourth-order valence-corrected chi connectivity index (χ4v) is 8.91. The van der Waals surface area contributed by atoms with Crippen molar-refractivity contribution in [3.8, 4) is 0 Å². The van der Waals surface area contributed by atoms with Crippen LogP contribution >= 0.6 is 0 Å². The molecule has 6 heteroatoms. The molecule has 0 saturated heterocycles. The molecule has 4 aliphatic rings. The molecule has 4 aliphatic carbocycles. The first-order valence-electron chi connectivity index (χ1n) is 13.0. The van der Waals surface area contributed by atoms with Gasteiger partial charge in [-0.15, -0.1) is 0 Å². The highest BCUT2D eigenvalue weighted by molar-refractivity contribution is 5.90. The van der Waals surface area contributed by atoms with Crippen molar-refractivity contribution in [2.24, 2.45) is 34.0 Å². The number of aliphatic carboxylic acids is 1. The smallest absolute Gasteiger partial charge is 0.338 e. The first-order chi connectivity index (χ1) is 16.4. The number of aliphatic hydroxyl groups is 1. The molecule has 0 aromatic heterocycles. The lowest BCUT2D eigenvalue weighted by molar-refractivity contribution is -0.212. The molecule has 35 heavy (non-hydrogen) atoms. The topological polar surface area (TPSA) is 87.1 Å². The van der Waals surface area contributed by atoms with Crippen molar-refractivity contribution >= 4 is 17.6 Å². The van der Waals surface area contributed by atoms with Crippen molar-refractivity contribution < 1.29 is 24.5 Å². The summed E-state index contributed by atoms with van der Waals surface area (Å²) in [6.07, 6.45) is 4.43. The van der Waals surface area contributed by atoms with Crippen LogP contribution in [0.5, 0.6) is 0 Å². The highest BCUT2D eigenvalue weighted by Gasteiger charge is 2.70. The van der Waals surface area contributed by atoms with Crippen LogP contribution in [0.15, 0.2) is 36.4 Å². The van der Waals surface area contributed by atoms with Gasteiger partial charge in [-0.3, -0.25) is 4.79 Å². The predicted molar refractivity (Wildman–Crippen MR) is 134 cm³/mol. The predicted octanol–water partition coefficient (Wildman–Crippen LogP) is 4.91. The number of aliphatic hydroxyl groups excluding tert-OH is 1. The zero-order valence-corrected chi connectivity index (χ0v) is 21.4. The monoisotopic (exact) mass is 481 g/mol. The molecule has 1 aromatic carbocycles. The van der Waals surface area contributed by atoms with Crippen LogP contribution in [0.1, 0.15) is 69.2 Å². The van der Waals surface area contributed by atoms with E-state index in [-0.39, 0.29) is 35.2 Å².